The van der Waals surface area contributed by atoms with Crippen molar-refractivity contribution in [1.29, 1.82) is 0 Å². The summed E-state index contributed by atoms with van der Waals surface area (Å²) < 4.78 is 121. The van der Waals surface area contributed by atoms with Gasteiger partial charge in [-0.05, 0) is 20.8 Å². The molecule has 490 valence electrons. The summed E-state index contributed by atoms with van der Waals surface area (Å²) in [5.74, 6) is -0.187. The normalized spacial score (nSPS) is 11.8. The van der Waals surface area contributed by atoms with Gasteiger partial charge in [0.05, 0.1) is 277 Å². The van der Waals surface area contributed by atoms with E-state index >= 15 is 0 Å². The van der Waals surface area contributed by atoms with E-state index in [1.165, 1.54) is 0 Å². The first-order valence-electron chi connectivity index (χ1n) is 28.7. The lowest BCUT2D eigenvalue weighted by atomic mass is 10.2. The van der Waals surface area contributed by atoms with E-state index < -0.39 is 11.7 Å². The first-order chi connectivity index (χ1) is 40.3. The smallest absolute Gasteiger partial charge is 0.431 e. The molecule has 0 aromatic heterocycles. The fourth-order valence-electron chi connectivity index (χ4n) is 5.80. The first-order valence-corrected chi connectivity index (χ1v) is 28.7. The van der Waals surface area contributed by atoms with Crippen LogP contribution in [-0.4, -0.2) is 333 Å². The average molecular weight is 1200 g/mol. The predicted octanol–water partition coefficient (Wildman–Crippen LogP) is -0.463. The minimum Gasteiger partial charge on any atom is -0.442 e. The number of hydroxylamine groups is 1. The molecule has 0 radical (unpaired) electrons. The summed E-state index contributed by atoms with van der Waals surface area (Å²) in [7, 11) is 0. The van der Waals surface area contributed by atoms with Crippen LogP contribution >= 0.6 is 0 Å². The summed E-state index contributed by atoms with van der Waals surface area (Å²) in [6.45, 7) is 24.7. The second-order valence-electron chi connectivity index (χ2n) is 17.7. The zero-order valence-electron chi connectivity index (χ0n) is 50.0. The van der Waals surface area contributed by atoms with E-state index in [0.717, 1.165) is 0 Å². The van der Waals surface area contributed by atoms with Crippen LogP contribution in [0, 0.1) is 0 Å². The molecule has 0 aromatic carbocycles. The summed E-state index contributed by atoms with van der Waals surface area (Å²) in [5.41, 5.74) is 12.4. The molecule has 0 aliphatic rings. The Hall–Kier alpha value is -2.22. The molecular formula is C53H108N4O25. The molecule has 2 amide bonds. The number of nitrogens with two attached hydrogens (primary N) is 2. The highest BCUT2D eigenvalue weighted by Gasteiger charge is 2.16. The SMILES string of the molecule is CC(C)(C)OC(=O)NOCCOCCOCCOCCOCCOCCOCCOCCOCCOCCOCCOCC(=O)N(CCOCCOCCOCCOCCOCCN)CCOCCOCCOCCOCCOCCN. The lowest BCUT2D eigenvalue weighted by molar-refractivity contribution is -0.138. The van der Waals surface area contributed by atoms with Crippen molar-refractivity contribution in [2.45, 2.75) is 26.4 Å². The third kappa shape index (κ3) is 68.6. The number of carbonyl (C=O) groups excluding carboxylic acids is 2. The summed E-state index contributed by atoms with van der Waals surface area (Å²) in [6, 6.07) is 0. The van der Waals surface area contributed by atoms with E-state index in [1.807, 2.05) is 0 Å². The van der Waals surface area contributed by atoms with Gasteiger partial charge in [-0.2, -0.15) is 5.48 Å². The van der Waals surface area contributed by atoms with Crippen LogP contribution in [0.2, 0.25) is 0 Å². The van der Waals surface area contributed by atoms with Crippen molar-refractivity contribution in [3.63, 3.8) is 0 Å². The van der Waals surface area contributed by atoms with E-state index in [1.54, 1.807) is 25.7 Å². The van der Waals surface area contributed by atoms with E-state index in [0.29, 0.717) is 290 Å². The topological polar surface area (TPSA) is 314 Å². The quantitative estimate of drug-likeness (QED) is 0.0512. The molecule has 0 aliphatic heterocycles. The molecule has 0 aliphatic carbocycles. The van der Waals surface area contributed by atoms with E-state index in [-0.39, 0.29) is 25.7 Å². The van der Waals surface area contributed by atoms with E-state index in [9.17, 15) is 9.59 Å². The number of nitrogens with one attached hydrogen (secondary N) is 1. The summed E-state index contributed by atoms with van der Waals surface area (Å²) >= 11 is 0. The van der Waals surface area contributed by atoms with Crippen LogP contribution in [0.25, 0.3) is 0 Å². The average Bonchev–Trinajstić information content (AvgIpc) is 3.46. The Bertz CT molecular complexity index is 1240. The first kappa shape index (κ1) is 79.8. The van der Waals surface area contributed by atoms with Gasteiger partial charge in [-0.1, -0.05) is 0 Å². The third-order valence-corrected chi connectivity index (χ3v) is 9.69. The number of hydrogen-bond acceptors (Lipinski definition) is 27. The van der Waals surface area contributed by atoms with Crippen LogP contribution in [-0.2, 0) is 114 Å². The Kier molecular flexibility index (Phi) is 66.1. The van der Waals surface area contributed by atoms with Gasteiger partial charge < -0.3 is 121 Å². The van der Waals surface area contributed by atoms with Crippen LogP contribution in [0.4, 0.5) is 4.79 Å². The highest BCUT2D eigenvalue weighted by molar-refractivity contribution is 5.77. The number of hydrogen-bond donors (Lipinski definition) is 3. The monoisotopic (exact) mass is 1200 g/mol. The molecule has 0 atom stereocenters. The zero-order chi connectivity index (χ0) is 59.4. The molecule has 0 bridgehead atoms. The van der Waals surface area contributed by atoms with Crippen molar-refractivity contribution in [2.24, 2.45) is 11.5 Å². The molecule has 0 fully saturated rings. The molecule has 0 rings (SSSR count). The molecule has 5 N–H and O–H groups in total. The second-order valence-corrected chi connectivity index (χ2v) is 17.7. The van der Waals surface area contributed by atoms with Gasteiger partial charge >= 0.3 is 6.09 Å². The van der Waals surface area contributed by atoms with Crippen LogP contribution in [0.5, 0.6) is 0 Å². The number of carbonyl (C=O) groups is 2. The van der Waals surface area contributed by atoms with Gasteiger partial charge in [-0.15, -0.1) is 0 Å². The number of nitrogens with zero attached hydrogens (tertiary/aromatic N) is 1. The molecule has 0 saturated heterocycles. The number of ether oxygens (including phenoxy) is 22. The molecule has 0 aromatic rings. The Morgan fingerprint density at radius 1 is 0.293 bits per heavy atom. The molecule has 0 saturated carbocycles. The maximum atomic E-state index is 13.1. The molecule has 0 spiro atoms. The second kappa shape index (κ2) is 67.9. The minimum absolute atomic E-state index is 0.108. The fourth-order valence-corrected chi connectivity index (χ4v) is 5.80. The Morgan fingerprint density at radius 2 is 0.488 bits per heavy atom. The van der Waals surface area contributed by atoms with Crippen molar-refractivity contribution >= 4 is 12.0 Å². The van der Waals surface area contributed by atoms with Crippen molar-refractivity contribution < 1.29 is 119 Å². The molecule has 29 nitrogen and oxygen atoms in total. The summed E-state index contributed by atoms with van der Waals surface area (Å²) in [4.78, 5) is 31.2. The summed E-state index contributed by atoms with van der Waals surface area (Å²) in [5, 5.41) is 0. The highest BCUT2D eigenvalue weighted by Crippen LogP contribution is 2.06. The van der Waals surface area contributed by atoms with E-state index in [2.05, 4.69) is 5.48 Å². The van der Waals surface area contributed by atoms with Crippen molar-refractivity contribution in [2.75, 3.05) is 310 Å². The lowest BCUT2D eigenvalue weighted by Gasteiger charge is -2.23. The van der Waals surface area contributed by atoms with Crippen molar-refractivity contribution in [3.8, 4) is 0 Å². The fraction of sp³-hybridized carbons (Fsp3) is 0.962. The van der Waals surface area contributed by atoms with Gasteiger partial charge in [-0.25, -0.2) is 4.79 Å². The van der Waals surface area contributed by atoms with Gasteiger partial charge in [0.25, 0.3) is 0 Å². The maximum Gasteiger partial charge on any atom is 0.431 e. The lowest BCUT2D eigenvalue weighted by Crippen LogP contribution is -2.39. The van der Waals surface area contributed by atoms with Crippen LogP contribution in [0.1, 0.15) is 20.8 Å². The van der Waals surface area contributed by atoms with Gasteiger partial charge in [0.2, 0.25) is 5.91 Å². The van der Waals surface area contributed by atoms with Gasteiger partial charge in [0.15, 0.2) is 0 Å². The van der Waals surface area contributed by atoms with Gasteiger partial charge in [0.1, 0.15) is 12.2 Å². The van der Waals surface area contributed by atoms with Crippen LogP contribution in [0.15, 0.2) is 0 Å². The molecular weight excluding hydrogens is 1090 g/mol. The molecule has 82 heavy (non-hydrogen) atoms. The third-order valence-electron chi connectivity index (χ3n) is 9.69. The molecule has 29 heteroatoms. The van der Waals surface area contributed by atoms with E-state index in [4.69, 9.17) is 121 Å². The molecule has 0 heterocycles. The number of rotatable bonds is 70. The standard InChI is InChI=1S/C53H108N4O25/c1-53(2,3)82-52(59)56-81-49-48-79-45-44-77-41-40-75-37-36-73-33-32-71-29-28-70-30-31-72-34-35-74-38-39-76-42-43-78-46-47-80-50-51(58)57(6-10-62-14-18-66-22-26-68-24-20-64-16-12-60-8-4-54)7-11-63-15-19-67-23-27-69-25-21-65-17-13-61-9-5-55/h4-50,54-55H2,1-3H3,(H,56,59). The zero-order valence-corrected chi connectivity index (χ0v) is 50.0. The Labute approximate surface area is 488 Å². The molecule has 0 unspecified atom stereocenters. The largest absolute Gasteiger partial charge is 0.442 e. The summed E-state index contributed by atoms with van der Waals surface area (Å²) in [6.07, 6.45) is -0.647. The highest BCUT2D eigenvalue weighted by atomic mass is 16.7. The predicted molar refractivity (Wildman–Crippen MR) is 297 cm³/mol. The van der Waals surface area contributed by atoms with Crippen molar-refractivity contribution in [1.82, 2.24) is 10.4 Å². The van der Waals surface area contributed by atoms with Gasteiger partial charge in [0, 0.05) is 26.2 Å². The Balaban J connectivity index is 3.80. The van der Waals surface area contributed by atoms with Gasteiger partial charge in [-0.3, -0.25) is 9.63 Å². The van der Waals surface area contributed by atoms with Crippen LogP contribution < -0.4 is 16.9 Å². The van der Waals surface area contributed by atoms with Crippen molar-refractivity contribution in [3.05, 3.63) is 0 Å². The number of amides is 2. The Morgan fingerprint density at radius 3 is 0.707 bits per heavy atom. The minimum atomic E-state index is -0.647. The van der Waals surface area contributed by atoms with Crippen LogP contribution in [0.3, 0.4) is 0 Å². The maximum absolute atomic E-state index is 13.1.